The molecular weight excluding hydrogens is 803 g/mol. The van der Waals surface area contributed by atoms with Crippen LogP contribution in [0.2, 0.25) is 0 Å². The van der Waals surface area contributed by atoms with Crippen molar-refractivity contribution in [1.29, 1.82) is 0 Å². The molecule has 298 valence electrons. The van der Waals surface area contributed by atoms with Crippen molar-refractivity contribution >= 4 is 97.1 Å². The van der Waals surface area contributed by atoms with Gasteiger partial charge in [-0.3, -0.25) is 0 Å². The molecule has 0 aliphatic heterocycles. The number of hydrogen-bond acceptors (Lipinski definition) is 5. The van der Waals surface area contributed by atoms with E-state index in [0.29, 0.717) is 17.5 Å². The summed E-state index contributed by atoms with van der Waals surface area (Å²) >= 11 is 1.85. The standard InChI is InChI=1S/C57H33N5OS/c1-3-13-34(14-4-1)55-58-56(35-15-5-2-6-16-35)60-57(59-55)36-23-25-37(26-24-36)61-45-20-10-7-18-42(45)51-47(61)30-28-40-41-29-31-48-52(54(41)63-53(40)51)43-19-8-11-21-46(43)62(48)38-27-32-50-44(33-38)39-17-9-12-22-49(39)64-50/h1-33H. The lowest BCUT2D eigenvalue weighted by Gasteiger charge is -2.10. The van der Waals surface area contributed by atoms with Gasteiger partial charge in [0, 0.05) is 69.8 Å². The SMILES string of the molecule is c1ccc(-c2nc(-c3ccccc3)nc(-c3ccc(-n4c5ccccc5c5c6oc7c(ccc8c7c7ccccc7n8-c7ccc8sc9ccccc9c8c7)c6ccc54)cc3)n2)cc1. The van der Waals surface area contributed by atoms with Crippen molar-refractivity contribution in [3.8, 4) is 45.5 Å². The van der Waals surface area contributed by atoms with E-state index in [-0.39, 0.29) is 0 Å². The van der Waals surface area contributed by atoms with Crippen molar-refractivity contribution < 1.29 is 4.42 Å². The number of para-hydroxylation sites is 2. The fourth-order valence-corrected chi connectivity index (χ4v) is 11.0. The average molecular weight is 836 g/mol. The van der Waals surface area contributed by atoms with Crippen LogP contribution in [0.3, 0.4) is 0 Å². The Bertz CT molecular complexity index is 4120. The molecule has 0 aliphatic rings. The average Bonchev–Trinajstić information content (AvgIpc) is 4.12. The van der Waals surface area contributed by atoms with Crippen LogP contribution < -0.4 is 0 Å². The van der Waals surface area contributed by atoms with E-state index in [0.717, 1.165) is 88.2 Å². The zero-order chi connectivity index (χ0) is 41.9. The molecule has 0 fully saturated rings. The third kappa shape index (κ3) is 5.16. The van der Waals surface area contributed by atoms with Gasteiger partial charge in [-0.15, -0.1) is 11.3 Å². The number of hydrogen-bond donors (Lipinski definition) is 0. The molecule has 0 atom stereocenters. The molecule has 6 nitrogen and oxygen atoms in total. The van der Waals surface area contributed by atoms with E-state index in [4.69, 9.17) is 19.4 Å². The van der Waals surface area contributed by atoms with Gasteiger partial charge in [0.1, 0.15) is 11.2 Å². The molecule has 14 aromatic rings. The van der Waals surface area contributed by atoms with Crippen LogP contribution in [0.25, 0.3) is 131 Å². The van der Waals surface area contributed by atoms with Crippen LogP contribution in [0.5, 0.6) is 0 Å². The summed E-state index contributed by atoms with van der Waals surface area (Å²) in [7, 11) is 0. The number of benzene rings is 9. The molecule has 64 heavy (non-hydrogen) atoms. The second-order valence-corrected chi connectivity index (χ2v) is 17.4. The summed E-state index contributed by atoms with van der Waals surface area (Å²) in [6, 6.07) is 70.6. The molecule has 0 amide bonds. The third-order valence-corrected chi connectivity index (χ3v) is 13.9. The van der Waals surface area contributed by atoms with Crippen molar-refractivity contribution in [3.63, 3.8) is 0 Å². The highest BCUT2D eigenvalue weighted by atomic mass is 32.1. The lowest BCUT2D eigenvalue weighted by atomic mass is 10.1. The normalized spacial score (nSPS) is 12.1. The highest BCUT2D eigenvalue weighted by Crippen LogP contribution is 2.45. The first-order valence-electron chi connectivity index (χ1n) is 21.4. The van der Waals surface area contributed by atoms with Crippen molar-refractivity contribution in [2.75, 3.05) is 0 Å². The molecule has 9 aromatic carbocycles. The van der Waals surface area contributed by atoms with Crippen LogP contribution in [0, 0.1) is 0 Å². The Morgan fingerprint density at radius 3 is 1.36 bits per heavy atom. The van der Waals surface area contributed by atoms with Crippen LogP contribution in [0.4, 0.5) is 0 Å². The highest BCUT2D eigenvalue weighted by molar-refractivity contribution is 7.25. The first-order chi connectivity index (χ1) is 31.7. The van der Waals surface area contributed by atoms with Crippen molar-refractivity contribution in [3.05, 3.63) is 200 Å². The second-order valence-electron chi connectivity index (χ2n) is 16.3. The molecule has 5 heterocycles. The minimum Gasteiger partial charge on any atom is -0.455 e. The van der Waals surface area contributed by atoms with E-state index in [1.165, 1.54) is 25.6 Å². The van der Waals surface area contributed by atoms with Crippen molar-refractivity contribution in [2.24, 2.45) is 0 Å². The van der Waals surface area contributed by atoms with Gasteiger partial charge in [0.15, 0.2) is 17.5 Å². The zero-order valence-electron chi connectivity index (χ0n) is 34.1. The van der Waals surface area contributed by atoms with Gasteiger partial charge in [-0.05, 0) is 84.9 Å². The van der Waals surface area contributed by atoms with Gasteiger partial charge in [0.2, 0.25) is 0 Å². The van der Waals surface area contributed by atoms with Crippen LogP contribution in [0.1, 0.15) is 0 Å². The van der Waals surface area contributed by atoms with Gasteiger partial charge in [-0.1, -0.05) is 115 Å². The van der Waals surface area contributed by atoms with Gasteiger partial charge in [-0.25, -0.2) is 15.0 Å². The monoisotopic (exact) mass is 835 g/mol. The van der Waals surface area contributed by atoms with Crippen molar-refractivity contribution in [2.45, 2.75) is 0 Å². The van der Waals surface area contributed by atoms with Crippen LogP contribution in [0.15, 0.2) is 205 Å². The van der Waals surface area contributed by atoms with Crippen LogP contribution in [-0.2, 0) is 0 Å². The molecule has 0 saturated heterocycles. The van der Waals surface area contributed by atoms with E-state index < -0.39 is 0 Å². The molecule has 7 heteroatoms. The lowest BCUT2D eigenvalue weighted by Crippen LogP contribution is -2.00. The first kappa shape index (κ1) is 35.2. The number of nitrogens with zero attached hydrogens (tertiary/aromatic N) is 5. The third-order valence-electron chi connectivity index (χ3n) is 12.8. The molecule has 0 spiro atoms. The van der Waals surface area contributed by atoms with Crippen LogP contribution >= 0.6 is 11.3 Å². The minimum absolute atomic E-state index is 0.624. The molecule has 0 saturated carbocycles. The molecule has 14 rings (SSSR count). The predicted molar refractivity (Wildman–Crippen MR) is 265 cm³/mol. The summed E-state index contributed by atoms with van der Waals surface area (Å²) in [4.78, 5) is 14.9. The quantitative estimate of drug-likeness (QED) is 0.173. The molecule has 5 aromatic heterocycles. The Morgan fingerprint density at radius 1 is 0.328 bits per heavy atom. The van der Waals surface area contributed by atoms with Gasteiger partial charge in [0.05, 0.1) is 32.8 Å². The largest absolute Gasteiger partial charge is 0.455 e. The Balaban J connectivity index is 0.941. The number of fused-ring (bicyclic) bond motifs is 14. The van der Waals surface area contributed by atoms with Gasteiger partial charge >= 0.3 is 0 Å². The van der Waals surface area contributed by atoms with E-state index in [9.17, 15) is 0 Å². The number of rotatable bonds is 5. The molecule has 0 bridgehead atoms. The number of furan rings is 1. The molecular formula is C57H33N5OS. The lowest BCUT2D eigenvalue weighted by molar-refractivity contribution is 0.677. The predicted octanol–water partition coefficient (Wildman–Crippen LogP) is 15.3. The Hall–Kier alpha value is -8.39. The topological polar surface area (TPSA) is 61.7 Å². The van der Waals surface area contributed by atoms with E-state index in [1.54, 1.807) is 0 Å². The van der Waals surface area contributed by atoms with Gasteiger partial charge in [0.25, 0.3) is 0 Å². The summed E-state index contributed by atoms with van der Waals surface area (Å²) in [5.41, 5.74) is 11.2. The van der Waals surface area contributed by atoms with Crippen molar-refractivity contribution in [1.82, 2.24) is 24.1 Å². The smallest absolute Gasteiger partial charge is 0.164 e. The highest BCUT2D eigenvalue weighted by Gasteiger charge is 2.23. The molecule has 0 radical (unpaired) electrons. The van der Waals surface area contributed by atoms with E-state index in [2.05, 4.69) is 149 Å². The first-order valence-corrected chi connectivity index (χ1v) is 22.3. The fourth-order valence-electron chi connectivity index (χ4n) is 9.90. The summed E-state index contributed by atoms with van der Waals surface area (Å²) in [5.74, 6) is 1.90. The fraction of sp³-hybridized carbons (Fsp3) is 0. The Morgan fingerprint density at radius 2 is 0.781 bits per heavy atom. The van der Waals surface area contributed by atoms with Gasteiger partial charge < -0.3 is 13.6 Å². The van der Waals surface area contributed by atoms with Gasteiger partial charge in [-0.2, -0.15) is 0 Å². The number of thiophene rings is 1. The maximum atomic E-state index is 7.23. The number of aromatic nitrogens is 5. The van der Waals surface area contributed by atoms with E-state index in [1.807, 2.05) is 72.0 Å². The zero-order valence-corrected chi connectivity index (χ0v) is 34.9. The molecule has 0 aliphatic carbocycles. The van der Waals surface area contributed by atoms with E-state index >= 15 is 0 Å². The summed E-state index contributed by atoms with van der Waals surface area (Å²) < 4.78 is 14.6. The van der Waals surface area contributed by atoms with Crippen LogP contribution in [-0.4, -0.2) is 24.1 Å². The maximum Gasteiger partial charge on any atom is 0.164 e. The Kier molecular flexibility index (Phi) is 7.46. The minimum atomic E-state index is 0.624. The summed E-state index contributed by atoms with van der Waals surface area (Å²) in [6.45, 7) is 0. The second kappa shape index (κ2) is 13.6. The summed E-state index contributed by atoms with van der Waals surface area (Å²) in [5, 5.41) is 9.30. The maximum absolute atomic E-state index is 7.23. The summed E-state index contributed by atoms with van der Waals surface area (Å²) in [6.07, 6.45) is 0. The Labute approximate surface area is 369 Å². The molecule has 0 unspecified atom stereocenters. The molecule has 0 N–H and O–H groups in total.